The molecule has 0 nitrogen and oxygen atoms in total. The molecule has 0 saturated heterocycles. The van der Waals surface area contributed by atoms with E-state index in [-0.39, 0.29) is 0 Å². The highest BCUT2D eigenvalue weighted by Gasteiger charge is 1.58. The summed E-state index contributed by atoms with van der Waals surface area (Å²) in [4.78, 5) is 0. The Labute approximate surface area is 50.3 Å². The second-order valence-corrected chi connectivity index (χ2v) is 1.48. The van der Waals surface area contributed by atoms with E-state index in [0.29, 0.717) is 0 Å². The Morgan fingerprint density at radius 3 is 2.57 bits per heavy atom. The van der Waals surface area contributed by atoms with Crippen molar-refractivity contribution in [1.29, 1.82) is 0 Å². The van der Waals surface area contributed by atoms with E-state index in [0.717, 1.165) is 6.42 Å². The number of hydrogen-bond acceptors (Lipinski definition) is 1. The summed E-state index contributed by atoms with van der Waals surface area (Å²) in [6.45, 7) is 2.10. The molecule has 0 saturated carbocycles. The lowest BCUT2D eigenvalue weighted by atomic mass is 10.4. The summed E-state index contributed by atoms with van der Waals surface area (Å²) >= 11 is 3.86. The van der Waals surface area contributed by atoms with Gasteiger partial charge in [-0.3, -0.25) is 0 Å². The van der Waals surface area contributed by atoms with E-state index in [9.17, 15) is 0 Å². The highest BCUT2D eigenvalue weighted by Crippen LogP contribution is 1.82. The molecule has 0 rings (SSSR count). The Balaban J connectivity index is 3.09. The third-order valence-corrected chi connectivity index (χ3v) is 0.741. The predicted molar refractivity (Wildman–Crippen MR) is 37.6 cm³/mol. The van der Waals surface area contributed by atoms with Gasteiger partial charge in [0, 0.05) is 0 Å². The van der Waals surface area contributed by atoms with Crippen LogP contribution in [0.2, 0.25) is 0 Å². The van der Waals surface area contributed by atoms with Crippen molar-refractivity contribution in [2.45, 2.75) is 13.3 Å². The first-order chi connectivity index (χ1) is 3.41. The molecule has 0 aliphatic carbocycles. The van der Waals surface area contributed by atoms with Gasteiger partial charge in [-0.1, -0.05) is 25.2 Å². The molecular formula is C6H10S. The van der Waals surface area contributed by atoms with Gasteiger partial charge in [0.25, 0.3) is 0 Å². The van der Waals surface area contributed by atoms with Crippen LogP contribution in [-0.4, -0.2) is 0 Å². The van der Waals surface area contributed by atoms with Gasteiger partial charge < -0.3 is 0 Å². The molecule has 0 aromatic heterocycles. The largest absolute Gasteiger partial charge is 0.151 e. The molecule has 0 amide bonds. The van der Waals surface area contributed by atoms with Crippen LogP contribution in [0.3, 0.4) is 0 Å². The minimum Gasteiger partial charge on any atom is -0.151 e. The van der Waals surface area contributed by atoms with Crippen molar-refractivity contribution in [3.05, 3.63) is 23.6 Å². The predicted octanol–water partition coefficient (Wildman–Crippen LogP) is 2.40. The minimum atomic E-state index is 1.10. The molecule has 1 heteroatoms. The summed E-state index contributed by atoms with van der Waals surface area (Å²) in [7, 11) is 0. The molecule has 0 heterocycles. The van der Waals surface area contributed by atoms with Crippen LogP contribution in [-0.2, 0) is 0 Å². The molecule has 0 atom stereocenters. The minimum absolute atomic E-state index is 1.10. The quantitative estimate of drug-likeness (QED) is 0.413. The fourth-order valence-electron chi connectivity index (χ4n) is 0.264. The molecule has 0 unspecified atom stereocenters. The van der Waals surface area contributed by atoms with Crippen LogP contribution in [0.25, 0.3) is 0 Å². The standard InChI is InChI=1S/C6H10S/c1-2-3-4-5-6-7/h3-7H,2H2,1H3/b4-3+,6-5-. The third-order valence-electron chi connectivity index (χ3n) is 0.569. The van der Waals surface area contributed by atoms with E-state index in [1.54, 1.807) is 5.41 Å². The first-order valence-corrected chi connectivity index (χ1v) is 2.89. The number of hydrogen-bond donors (Lipinski definition) is 1. The molecule has 7 heavy (non-hydrogen) atoms. The van der Waals surface area contributed by atoms with Crippen molar-refractivity contribution in [1.82, 2.24) is 0 Å². The lowest BCUT2D eigenvalue weighted by molar-refractivity contribution is 1.22. The molecule has 0 spiro atoms. The summed E-state index contributed by atoms with van der Waals surface area (Å²) in [6, 6.07) is 0. The van der Waals surface area contributed by atoms with Gasteiger partial charge in [-0.15, -0.1) is 0 Å². The van der Waals surface area contributed by atoms with Gasteiger partial charge in [-0.2, -0.15) is 12.6 Å². The van der Waals surface area contributed by atoms with Crippen LogP contribution in [0.15, 0.2) is 23.6 Å². The van der Waals surface area contributed by atoms with Gasteiger partial charge in [0.2, 0.25) is 0 Å². The second kappa shape index (κ2) is 5.83. The van der Waals surface area contributed by atoms with Crippen LogP contribution in [0.1, 0.15) is 13.3 Å². The first kappa shape index (κ1) is 6.83. The fourth-order valence-corrected chi connectivity index (χ4v) is 0.364. The molecule has 0 bridgehead atoms. The zero-order chi connectivity index (χ0) is 5.54. The molecule has 0 aliphatic rings. The highest BCUT2D eigenvalue weighted by molar-refractivity contribution is 7.83. The van der Waals surface area contributed by atoms with Crippen molar-refractivity contribution in [3.63, 3.8) is 0 Å². The Morgan fingerprint density at radius 2 is 2.14 bits per heavy atom. The van der Waals surface area contributed by atoms with E-state index in [2.05, 4.69) is 25.6 Å². The average Bonchev–Trinajstić information content (AvgIpc) is 1.69. The van der Waals surface area contributed by atoms with Crippen LogP contribution in [0.5, 0.6) is 0 Å². The lowest BCUT2D eigenvalue weighted by Gasteiger charge is -1.70. The van der Waals surface area contributed by atoms with E-state index in [1.807, 2.05) is 12.2 Å². The van der Waals surface area contributed by atoms with E-state index in [4.69, 9.17) is 0 Å². The zero-order valence-electron chi connectivity index (χ0n) is 4.46. The van der Waals surface area contributed by atoms with Gasteiger partial charge in [-0.25, -0.2) is 0 Å². The third kappa shape index (κ3) is 5.83. The van der Waals surface area contributed by atoms with Crippen LogP contribution >= 0.6 is 12.6 Å². The van der Waals surface area contributed by atoms with Crippen molar-refractivity contribution < 1.29 is 0 Å². The first-order valence-electron chi connectivity index (χ1n) is 2.37. The summed E-state index contributed by atoms with van der Waals surface area (Å²) < 4.78 is 0. The SMILES string of the molecule is CC/C=C/C=C\S. The Morgan fingerprint density at radius 1 is 1.43 bits per heavy atom. The van der Waals surface area contributed by atoms with Crippen molar-refractivity contribution in [2.24, 2.45) is 0 Å². The summed E-state index contributed by atoms with van der Waals surface area (Å²) in [5.74, 6) is 0. The normalized spacial score (nSPS) is 11.7. The monoisotopic (exact) mass is 114 g/mol. The topological polar surface area (TPSA) is 0 Å². The van der Waals surface area contributed by atoms with Crippen molar-refractivity contribution in [3.8, 4) is 0 Å². The van der Waals surface area contributed by atoms with Crippen LogP contribution < -0.4 is 0 Å². The molecule has 0 radical (unpaired) electrons. The maximum atomic E-state index is 3.86. The van der Waals surface area contributed by atoms with Crippen molar-refractivity contribution in [2.75, 3.05) is 0 Å². The highest BCUT2D eigenvalue weighted by atomic mass is 32.1. The van der Waals surface area contributed by atoms with Gasteiger partial charge in [0.1, 0.15) is 0 Å². The molecule has 0 aliphatic heterocycles. The molecule has 0 aromatic carbocycles. The lowest BCUT2D eigenvalue weighted by Crippen LogP contribution is -1.47. The van der Waals surface area contributed by atoms with Gasteiger partial charge >= 0.3 is 0 Å². The van der Waals surface area contributed by atoms with E-state index in [1.165, 1.54) is 0 Å². The fraction of sp³-hybridized carbons (Fsp3) is 0.333. The second-order valence-electron chi connectivity index (χ2n) is 1.18. The smallest absolute Gasteiger partial charge is 0.0324 e. The number of rotatable bonds is 2. The number of thiol groups is 1. The van der Waals surface area contributed by atoms with Gasteiger partial charge in [0.05, 0.1) is 0 Å². The van der Waals surface area contributed by atoms with Crippen LogP contribution in [0.4, 0.5) is 0 Å². The van der Waals surface area contributed by atoms with Gasteiger partial charge in [0.15, 0.2) is 0 Å². The number of allylic oxidation sites excluding steroid dienone is 3. The van der Waals surface area contributed by atoms with Gasteiger partial charge in [-0.05, 0) is 11.8 Å². The Hall–Kier alpha value is -0.170. The van der Waals surface area contributed by atoms with E-state index < -0.39 is 0 Å². The summed E-state index contributed by atoms with van der Waals surface area (Å²) in [6.07, 6.45) is 7.05. The average molecular weight is 114 g/mol. The molecule has 0 aromatic rings. The molecular weight excluding hydrogens is 104 g/mol. The summed E-state index contributed by atoms with van der Waals surface area (Å²) in [5, 5.41) is 1.71. The molecule has 0 N–H and O–H groups in total. The summed E-state index contributed by atoms with van der Waals surface area (Å²) in [5.41, 5.74) is 0. The van der Waals surface area contributed by atoms with Crippen molar-refractivity contribution >= 4 is 12.6 Å². The Bertz CT molecular complexity index is 72.2. The maximum absolute atomic E-state index is 3.86. The van der Waals surface area contributed by atoms with Crippen LogP contribution in [0, 0.1) is 0 Å². The zero-order valence-corrected chi connectivity index (χ0v) is 5.36. The van der Waals surface area contributed by atoms with E-state index >= 15 is 0 Å². The Kier molecular flexibility index (Phi) is 5.69. The molecule has 40 valence electrons. The maximum Gasteiger partial charge on any atom is -0.0324 e. The molecule has 0 fully saturated rings.